The van der Waals surface area contributed by atoms with Crippen LogP contribution in [0.2, 0.25) is 0 Å². The van der Waals surface area contributed by atoms with Gasteiger partial charge in [0.1, 0.15) is 6.61 Å². The van der Waals surface area contributed by atoms with Crippen LogP contribution in [0.4, 0.5) is 0 Å². The lowest BCUT2D eigenvalue weighted by molar-refractivity contribution is -0.140. The molecule has 0 fully saturated rings. The fourth-order valence-corrected chi connectivity index (χ4v) is 6.01. The van der Waals surface area contributed by atoms with E-state index < -0.39 is 11.9 Å². The van der Waals surface area contributed by atoms with Crippen LogP contribution in [-0.4, -0.2) is 60.5 Å². The van der Waals surface area contributed by atoms with Crippen molar-refractivity contribution < 1.29 is 38.0 Å². The van der Waals surface area contributed by atoms with Crippen molar-refractivity contribution in [3.8, 4) is 23.0 Å². The number of ketones is 1. The standard InChI is InChI=1S/C30H34BrNO8/c1-16-26(30(34)40-10-9-35-2)27(19-11-20(31)29(39-6)25(15-19)38-5)28-21(32-16)12-18(13-22(28)33)17-7-8-23(36-3)24(14-17)37-4/h7-8,11,14-15,18,27,32H,9-10,12-13H2,1-6H3/t18-,27-/m1/s1. The molecule has 2 aliphatic rings. The molecule has 0 saturated heterocycles. The molecule has 0 spiro atoms. The van der Waals surface area contributed by atoms with E-state index in [1.807, 2.05) is 31.2 Å². The monoisotopic (exact) mass is 615 g/mol. The average molecular weight is 617 g/mol. The van der Waals surface area contributed by atoms with Crippen LogP contribution in [0.5, 0.6) is 23.0 Å². The Labute approximate surface area is 242 Å². The number of rotatable bonds is 10. The number of allylic oxidation sites excluding steroid dienone is 3. The van der Waals surface area contributed by atoms with Gasteiger partial charge in [-0.15, -0.1) is 0 Å². The first-order valence-electron chi connectivity index (χ1n) is 12.8. The maximum atomic E-state index is 14.0. The first-order valence-corrected chi connectivity index (χ1v) is 13.6. The zero-order valence-electron chi connectivity index (χ0n) is 23.5. The molecule has 0 saturated carbocycles. The van der Waals surface area contributed by atoms with Gasteiger partial charge in [-0.2, -0.15) is 0 Å². The number of Topliss-reactive ketones (excluding diaryl/α,β-unsaturated/α-hetero) is 1. The fraction of sp³-hybridized carbons (Fsp3) is 0.400. The molecule has 1 aliphatic carbocycles. The SMILES string of the molecule is COCCOC(=O)C1=C(C)NC2=C(C(=O)C[C@H](c3ccc(OC)c(OC)c3)C2)[C@@H]1c1cc(Br)c(OC)c(OC)c1. The third-order valence-electron chi connectivity index (χ3n) is 7.24. The van der Waals surface area contributed by atoms with Crippen molar-refractivity contribution in [2.75, 3.05) is 48.8 Å². The van der Waals surface area contributed by atoms with Crippen molar-refractivity contribution in [3.05, 3.63) is 68.5 Å². The number of methoxy groups -OCH3 is 5. The summed E-state index contributed by atoms with van der Waals surface area (Å²) in [5, 5.41) is 3.37. The van der Waals surface area contributed by atoms with Crippen molar-refractivity contribution in [3.63, 3.8) is 0 Å². The van der Waals surface area contributed by atoms with Gasteiger partial charge in [-0.25, -0.2) is 4.79 Å². The topological polar surface area (TPSA) is 102 Å². The minimum atomic E-state index is -0.666. The summed E-state index contributed by atoms with van der Waals surface area (Å²) < 4.78 is 33.2. The summed E-state index contributed by atoms with van der Waals surface area (Å²) in [5.74, 6) is 0.901. The lowest BCUT2D eigenvalue weighted by Gasteiger charge is -2.37. The van der Waals surface area contributed by atoms with Gasteiger partial charge in [-0.1, -0.05) is 6.07 Å². The van der Waals surface area contributed by atoms with Gasteiger partial charge in [0.2, 0.25) is 0 Å². The zero-order chi connectivity index (χ0) is 29.0. The van der Waals surface area contributed by atoms with Crippen LogP contribution in [-0.2, 0) is 19.1 Å². The highest BCUT2D eigenvalue weighted by atomic mass is 79.9. The molecular formula is C30H34BrNO8. The molecule has 1 heterocycles. The molecule has 0 bridgehead atoms. The van der Waals surface area contributed by atoms with Gasteiger partial charge in [0.15, 0.2) is 28.8 Å². The number of dihydropyridines is 1. The molecule has 10 heteroatoms. The molecular weight excluding hydrogens is 582 g/mol. The van der Waals surface area contributed by atoms with Gasteiger partial charge >= 0.3 is 5.97 Å². The van der Waals surface area contributed by atoms with E-state index in [-0.39, 0.29) is 31.3 Å². The second-order valence-electron chi connectivity index (χ2n) is 9.50. The second kappa shape index (κ2) is 12.8. The molecule has 2 aromatic rings. The van der Waals surface area contributed by atoms with Crippen molar-refractivity contribution in [2.24, 2.45) is 0 Å². The lowest BCUT2D eigenvalue weighted by atomic mass is 9.71. The number of halogens is 1. The number of hydrogen-bond donors (Lipinski definition) is 1. The summed E-state index contributed by atoms with van der Waals surface area (Å²) in [6.45, 7) is 2.18. The van der Waals surface area contributed by atoms with Crippen LogP contribution in [0.1, 0.15) is 42.7 Å². The summed E-state index contributed by atoms with van der Waals surface area (Å²) in [5.41, 5.74) is 3.98. The summed E-state index contributed by atoms with van der Waals surface area (Å²) in [6.07, 6.45) is 0.844. The highest BCUT2D eigenvalue weighted by Gasteiger charge is 2.42. The van der Waals surface area contributed by atoms with Crippen LogP contribution in [0.25, 0.3) is 0 Å². The number of nitrogens with one attached hydrogen (secondary N) is 1. The molecule has 9 nitrogen and oxygen atoms in total. The Morgan fingerprint density at radius 1 is 0.900 bits per heavy atom. The minimum Gasteiger partial charge on any atom is -0.493 e. The smallest absolute Gasteiger partial charge is 0.336 e. The van der Waals surface area contributed by atoms with Crippen molar-refractivity contribution in [1.82, 2.24) is 5.32 Å². The van der Waals surface area contributed by atoms with E-state index in [1.165, 1.54) is 7.11 Å². The molecule has 0 amide bonds. The molecule has 4 rings (SSSR count). The van der Waals surface area contributed by atoms with Gasteiger partial charge in [-0.3, -0.25) is 4.79 Å². The normalized spacial score (nSPS) is 18.6. The van der Waals surface area contributed by atoms with Gasteiger partial charge in [0.25, 0.3) is 0 Å². The summed E-state index contributed by atoms with van der Waals surface area (Å²) in [4.78, 5) is 27.4. The van der Waals surface area contributed by atoms with Crippen LogP contribution in [0, 0.1) is 0 Å². The van der Waals surface area contributed by atoms with Crippen molar-refractivity contribution >= 4 is 27.7 Å². The third-order valence-corrected chi connectivity index (χ3v) is 7.83. The Kier molecular flexibility index (Phi) is 9.42. The number of hydrogen-bond acceptors (Lipinski definition) is 9. The molecule has 2 aromatic carbocycles. The molecule has 1 aliphatic heterocycles. The minimum absolute atomic E-state index is 0.0564. The highest BCUT2D eigenvalue weighted by molar-refractivity contribution is 9.10. The predicted molar refractivity (Wildman–Crippen MR) is 152 cm³/mol. The van der Waals surface area contributed by atoms with E-state index in [1.54, 1.807) is 34.5 Å². The van der Waals surface area contributed by atoms with E-state index in [4.69, 9.17) is 28.4 Å². The maximum Gasteiger partial charge on any atom is 0.336 e. The first kappa shape index (κ1) is 29.5. The number of benzene rings is 2. The summed E-state index contributed by atoms with van der Waals surface area (Å²) in [7, 11) is 7.81. The Morgan fingerprint density at radius 3 is 2.25 bits per heavy atom. The number of carbonyl (C=O) groups excluding carboxylic acids is 2. The Balaban J connectivity index is 1.81. The largest absolute Gasteiger partial charge is 0.493 e. The van der Waals surface area contributed by atoms with Crippen molar-refractivity contribution in [2.45, 2.75) is 31.6 Å². The van der Waals surface area contributed by atoms with Crippen molar-refractivity contribution in [1.29, 1.82) is 0 Å². The van der Waals surface area contributed by atoms with E-state index in [9.17, 15) is 9.59 Å². The van der Waals surface area contributed by atoms with E-state index in [0.29, 0.717) is 56.3 Å². The highest BCUT2D eigenvalue weighted by Crippen LogP contribution is 2.49. The lowest BCUT2D eigenvalue weighted by Crippen LogP contribution is -2.36. The molecule has 2 atom stereocenters. The van der Waals surface area contributed by atoms with E-state index >= 15 is 0 Å². The maximum absolute atomic E-state index is 14.0. The Bertz CT molecular complexity index is 1370. The molecule has 0 unspecified atom stereocenters. The van der Waals surface area contributed by atoms with E-state index in [0.717, 1.165) is 11.3 Å². The number of carbonyl (C=O) groups is 2. The average Bonchev–Trinajstić information content (AvgIpc) is 2.95. The number of ether oxygens (including phenoxy) is 6. The quantitative estimate of drug-likeness (QED) is 0.291. The van der Waals surface area contributed by atoms with Gasteiger partial charge < -0.3 is 33.7 Å². The predicted octanol–water partition coefficient (Wildman–Crippen LogP) is 5.03. The van der Waals surface area contributed by atoms with E-state index in [2.05, 4.69) is 21.2 Å². The molecule has 0 aromatic heterocycles. The van der Waals surface area contributed by atoms with Gasteiger partial charge in [0.05, 0.1) is 45.1 Å². The molecule has 0 radical (unpaired) electrons. The van der Waals surface area contributed by atoms with Crippen LogP contribution in [0.3, 0.4) is 0 Å². The van der Waals surface area contributed by atoms with Crippen LogP contribution in [0.15, 0.2) is 57.3 Å². The Morgan fingerprint density at radius 2 is 1.60 bits per heavy atom. The van der Waals surface area contributed by atoms with Gasteiger partial charge in [-0.05, 0) is 70.6 Å². The second-order valence-corrected chi connectivity index (χ2v) is 10.4. The zero-order valence-corrected chi connectivity index (χ0v) is 25.1. The molecule has 214 valence electrons. The number of esters is 1. The first-order chi connectivity index (χ1) is 19.3. The summed E-state index contributed by atoms with van der Waals surface area (Å²) in [6, 6.07) is 9.37. The fourth-order valence-electron chi connectivity index (χ4n) is 5.39. The summed E-state index contributed by atoms with van der Waals surface area (Å²) >= 11 is 3.57. The molecule has 1 N–H and O–H groups in total. The van der Waals surface area contributed by atoms with Gasteiger partial charge in [0, 0.05) is 36.4 Å². The molecule has 40 heavy (non-hydrogen) atoms. The Hall–Kier alpha value is -3.50. The van der Waals surface area contributed by atoms with Crippen LogP contribution < -0.4 is 24.3 Å². The third kappa shape index (κ3) is 5.69. The van der Waals surface area contributed by atoms with Crippen LogP contribution >= 0.6 is 15.9 Å².